The zero-order chi connectivity index (χ0) is 13.5. The average molecular weight is 278 g/mol. The number of aliphatic hydroxyl groups excluding tert-OH is 1. The van der Waals surface area contributed by atoms with Gasteiger partial charge in [-0.2, -0.15) is 0 Å². The van der Waals surface area contributed by atoms with Crippen molar-refractivity contribution < 1.29 is 14.3 Å². The summed E-state index contributed by atoms with van der Waals surface area (Å²) in [5.41, 5.74) is -0.278. The quantitative estimate of drug-likeness (QED) is 0.649. The Labute approximate surface area is 115 Å². The van der Waals surface area contributed by atoms with Crippen molar-refractivity contribution in [2.24, 2.45) is 0 Å². The van der Waals surface area contributed by atoms with Gasteiger partial charge in [0.1, 0.15) is 18.6 Å². The first-order valence-corrected chi connectivity index (χ1v) is 6.81. The molecule has 0 saturated heterocycles. The van der Waals surface area contributed by atoms with Crippen molar-refractivity contribution in [1.29, 1.82) is 0 Å². The highest BCUT2D eigenvalue weighted by Gasteiger charge is 2.03. The molecule has 2 aromatic rings. The molecule has 0 amide bonds. The molecular weight excluding hydrogens is 264 g/mol. The van der Waals surface area contributed by atoms with Crippen LogP contribution in [0.1, 0.15) is 5.76 Å². The van der Waals surface area contributed by atoms with Gasteiger partial charge in [0.15, 0.2) is 0 Å². The van der Waals surface area contributed by atoms with Crippen molar-refractivity contribution >= 4 is 11.8 Å². The van der Waals surface area contributed by atoms with Gasteiger partial charge >= 0.3 is 0 Å². The Hall–Kier alpha value is -1.72. The summed E-state index contributed by atoms with van der Waals surface area (Å²) < 4.78 is 10.4. The summed E-state index contributed by atoms with van der Waals surface area (Å²) in [5, 5.41) is 8.82. The molecule has 0 aliphatic heterocycles. The molecule has 0 bridgehead atoms. The smallest absolute Gasteiger partial charge is 0.227 e. The van der Waals surface area contributed by atoms with Crippen molar-refractivity contribution in [1.82, 2.24) is 0 Å². The van der Waals surface area contributed by atoms with E-state index in [1.54, 1.807) is 11.8 Å². The van der Waals surface area contributed by atoms with Gasteiger partial charge in [-0.1, -0.05) is 18.2 Å². The van der Waals surface area contributed by atoms with E-state index in [1.165, 1.54) is 12.3 Å². The van der Waals surface area contributed by atoms with Gasteiger partial charge < -0.3 is 14.3 Å². The lowest BCUT2D eigenvalue weighted by Crippen LogP contribution is -2.10. The van der Waals surface area contributed by atoms with E-state index in [-0.39, 0.29) is 23.5 Å². The largest absolute Gasteiger partial charge is 0.486 e. The van der Waals surface area contributed by atoms with E-state index in [0.717, 1.165) is 10.6 Å². The number of benzene rings is 1. The predicted octanol–water partition coefficient (Wildman–Crippen LogP) is 2.30. The SMILES string of the molecule is O=c1cc(CO)occ1OCCSc1ccccc1. The minimum absolute atomic E-state index is 0.172. The van der Waals surface area contributed by atoms with Crippen LogP contribution in [0.2, 0.25) is 0 Å². The summed E-state index contributed by atoms with van der Waals surface area (Å²) in [4.78, 5) is 12.7. The molecule has 0 atom stereocenters. The van der Waals surface area contributed by atoms with E-state index in [9.17, 15) is 4.79 Å². The van der Waals surface area contributed by atoms with Gasteiger partial charge in [0, 0.05) is 16.7 Å². The highest BCUT2D eigenvalue weighted by Crippen LogP contribution is 2.16. The summed E-state index contributed by atoms with van der Waals surface area (Å²) in [5.74, 6) is 1.15. The zero-order valence-electron chi connectivity index (χ0n) is 10.2. The highest BCUT2D eigenvalue weighted by molar-refractivity contribution is 7.99. The van der Waals surface area contributed by atoms with Crippen LogP contribution in [0.4, 0.5) is 0 Å². The molecule has 0 aliphatic carbocycles. The topological polar surface area (TPSA) is 59.7 Å². The molecule has 0 saturated carbocycles. The average Bonchev–Trinajstić information content (AvgIpc) is 2.46. The van der Waals surface area contributed by atoms with E-state index in [4.69, 9.17) is 14.3 Å². The Morgan fingerprint density at radius 1 is 1.26 bits per heavy atom. The van der Waals surface area contributed by atoms with Gasteiger partial charge in [-0.25, -0.2) is 0 Å². The lowest BCUT2D eigenvalue weighted by molar-refractivity contribution is 0.238. The summed E-state index contributed by atoms with van der Waals surface area (Å²) in [6.45, 7) is 0.127. The normalized spacial score (nSPS) is 10.4. The summed E-state index contributed by atoms with van der Waals surface area (Å²) in [6.07, 6.45) is 1.24. The van der Waals surface area contributed by atoms with E-state index in [0.29, 0.717) is 6.61 Å². The summed E-state index contributed by atoms with van der Waals surface area (Å²) in [7, 11) is 0. The van der Waals surface area contributed by atoms with E-state index in [1.807, 2.05) is 30.3 Å². The van der Waals surface area contributed by atoms with Crippen molar-refractivity contribution in [2.75, 3.05) is 12.4 Å². The van der Waals surface area contributed by atoms with Crippen LogP contribution in [0.25, 0.3) is 0 Å². The van der Waals surface area contributed by atoms with Gasteiger partial charge in [0.25, 0.3) is 0 Å². The molecule has 1 N–H and O–H groups in total. The molecule has 1 aromatic carbocycles. The first-order chi connectivity index (χ1) is 9.29. The van der Waals surface area contributed by atoms with Crippen LogP contribution in [0.3, 0.4) is 0 Å². The standard InChI is InChI=1S/C14H14O4S/c15-9-11-8-13(16)14(10-18-11)17-6-7-19-12-4-2-1-3-5-12/h1-5,8,10,15H,6-7,9H2. The molecule has 0 unspecified atom stereocenters. The van der Waals surface area contributed by atoms with Gasteiger partial charge in [-0.05, 0) is 12.1 Å². The zero-order valence-corrected chi connectivity index (χ0v) is 11.1. The minimum Gasteiger partial charge on any atom is -0.486 e. The van der Waals surface area contributed by atoms with Crippen LogP contribution >= 0.6 is 11.8 Å². The third-order valence-corrected chi connectivity index (χ3v) is 3.34. The molecule has 0 radical (unpaired) electrons. The van der Waals surface area contributed by atoms with Crippen LogP contribution in [0, 0.1) is 0 Å². The highest BCUT2D eigenvalue weighted by atomic mass is 32.2. The van der Waals surface area contributed by atoms with Gasteiger partial charge in [0.2, 0.25) is 11.2 Å². The van der Waals surface area contributed by atoms with Crippen molar-refractivity contribution in [2.45, 2.75) is 11.5 Å². The number of aliphatic hydroxyl groups is 1. The maximum atomic E-state index is 11.6. The van der Waals surface area contributed by atoms with E-state index < -0.39 is 0 Å². The molecule has 19 heavy (non-hydrogen) atoms. The number of hydrogen-bond acceptors (Lipinski definition) is 5. The number of thioether (sulfide) groups is 1. The predicted molar refractivity (Wildman–Crippen MR) is 73.6 cm³/mol. The van der Waals surface area contributed by atoms with Crippen LogP contribution in [0.15, 0.2) is 56.8 Å². The van der Waals surface area contributed by atoms with Gasteiger partial charge in [-0.3, -0.25) is 4.79 Å². The van der Waals surface area contributed by atoms with Gasteiger partial charge in [0.05, 0.1) is 6.61 Å². The molecular formula is C14H14O4S. The fourth-order valence-electron chi connectivity index (χ4n) is 1.45. The van der Waals surface area contributed by atoms with E-state index in [2.05, 4.69) is 0 Å². The lowest BCUT2D eigenvalue weighted by Gasteiger charge is -2.05. The second-order valence-electron chi connectivity index (χ2n) is 3.74. The van der Waals surface area contributed by atoms with Crippen LogP contribution < -0.4 is 10.2 Å². The van der Waals surface area contributed by atoms with Crippen LogP contribution in [-0.4, -0.2) is 17.5 Å². The Morgan fingerprint density at radius 2 is 2.05 bits per heavy atom. The monoisotopic (exact) mass is 278 g/mol. The van der Waals surface area contributed by atoms with Crippen LogP contribution in [-0.2, 0) is 6.61 Å². The maximum absolute atomic E-state index is 11.6. The fraction of sp³-hybridized carbons (Fsp3) is 0.214. The maximum Gasteiger partial charge on any atom is 0.227 e. The molecule has 100 valence electrons. The Bertz CT molecular complexity index is 565. The molecule has 0 aliphatic rings. The number of ether oxygens (including phenoxy) is 1. The first kappa shape index (κ1) is 13.7. The third kappa shape index (κ3) is 4.15. The summed E-state index contributed by atoms with van der Waals surface area (Å²) >= 11 is 1.66. The minimum atomic E-state index is -0.292. The number of hydrogen-bond donors (Lipinski definition) is 1. The van der Waals surface area contributed by atoms with Gasteiger partial charge in [-0.15, -0.1) is 11.8 Å². The van der Waals surface area contributed by atoms with E-state index >= 15 is 0 Å². The summed E-state index contributed by atoms with van der Waals surface area (Å²) in [6, 6.07) is 11.2. The molecule has 0 fully saturated rings. The second kappa shape index (κ2) is 7.01. The lowest BCUT2D eigenvalue weighted by atomic mass is 10.4. The molecule has 1 aromatic heterocycles. The first-order valence-electron chi connectivity index (χ1n) is 5.83. The fourth-order valence-corrected chi connectivity index (χ4v) is 2.21. The molecule has 2 rings (SSSR count). The molecule has 0 spiro atoms. The Morgan fingerprint density at radius 3 is 2.74 bits per heavy atom. The second-order valence-corrected chi connectivity index (χ2v) is 4.91. The molecule has 1 heterocycles. The van der Waals surface area contributed by atoms with Crippen molar-refractivity contribution in [3.05, 3.63) is 58.6 Å². The molecule has 5 heteroatoms. The van der Waals surface area contributed by atoms with Crippen molar-refractivity contribution in [3.63, 3.8) is 0 Å². The van der Waals surface area contributed by atoms with Crippen LogP contribution in [0.5, 0.6) is 5.75 Å². The third-order valence-electron chi connectivity index (χ3n) is 2.36. The molecule has 4 nitrogen and oxygen atoms in total. The Kier molecular flexibility index (Phi) is 5.06. The van der Waals surface area contributed by atoms with Crippen molar-refractivity contribution in [3.8, 4) is 5.75 Å². The number of rotatable bonds is 6. The Balaban J connectivity index is 1.81.